The van der Waals surface area contributed by atoms with Crippen molar-refractivity contribution in [2.75, 3.05) is 23.4 Å². The molecule has 0 heterocycles. The van der Waals surface area contributed by atoms with Crippen molar-refractivity contribution in [3.63, 3.8) is 0 Å². The van der Waals surface area contributed by atoms with Gasteiger partial charge in [-0.3, -0.25) is 4.79 Å². The van der Waals surface area contributed by atoms with Crippen molar-refractivity contribution < 1.29 is 9.18 Å². The molecule has 0 atom stereocenters. The summed E-state index contributed by atoms with van der Waals surface area (Å²) in [5, 5.41) is 2.53. The van der Waals surface area contributed by atoms with Gasteiger partial charge in [-0.1, -0.05) is 15.9 Å². The van der Waals surface area contributed by atoms with Crippen LogP contribution in [0.2, 0.25) is 0 Å². The van der Waals surface area contributed by atoms with E-state index in [9.17, 15) is 9.18 Å². The van der Waals surface area contributed by atoms with Crippen LogP contribution in [0.1, 0.15) is 6.42 Å². The van der Waals surface area contributed by atoms with E-state index in [2.05, 4.69) is 21.2 Å². The average Bonchev–Trinajstić information content (AvgIpc) is 2.28. The van der Waals surface area contributed by atoms with Crippen LogP contribution < -0.4 is 11.1 Å². The number of amides is 1. The molecular weight excluding hydrogens is 307 g/mol. The molecule has 0 aromatic heterocycles. The molecule has 3 N–H and O–H groups in total. The van der Waals surface area contributed by atoms with E-state index in [4.69, 9.17) is 5.73 Å². The predicted molar refractivity (Wildman–Crippen MR) is 73.7 cm³/mol. The van der Waals surface area contributed by atoms with Crippen molar-refractivity contribution in [3.8, 4) is 0 Å². The molecule has 0 aliphatic rings. The summed E-state index contributed by atoms with van der Waals surface area (Å²) in [6.45, 7) is 0.621. The van der Waals surface area contributed by atoms with E-state index < -0.39 is 5.82 Å². The Morgan fingerprint density at radius 2 is 2.29 bits per heavy atom. The number of benzene rings is 1. The number of halogens is 2. The molecule has 0 spiro atoms. The summed E-state index contributed by atoms with van der Waals surface area (Å²) >= 11 is 4.64. The lowest BCUT2D eigenvalue weighted by molar-refractivity contribution is -0.113. The predicted octanol–water partition coefficient (Wildman–Crippen LogP) is 2.61. The standard InChI is InChI=1S/C11H14BrFN2OS/c12-8-2-3-10(9(13)6-8)15-11(16)7-17-5-1-4-14/h2-3,6H,1,4-5,7,14H2,(H,15,16). The molecule has 1 aromatic rings. The minimum absolute atomic E-state index is 0.201. The SMILES string of the molecule is NCCCSCC(=O)Nc1ccc(Br)cc1F. The summed E-state index contributed by atoms with van der Waals surface area (Å²) in [7, 11) is 0. The van der Waals surface area contributed by atoms with E-state index in [0.29, 0.717) is 16.8 Å². The van der Waals surface area contributed by atoms with Crippen molar-refractivity contribution in [1.29, 1.82) is 0 Å². The number of carbonyl (C=O) groups is 1. The van der Waals surface area contributed by atoms with E-state index >= 15 is 0 Å². The van der Waals surface area contributed by atoms with E-state index in [1.54, 1.807) is 6.07 Å². The molecule has 0 aliphatic heterocycles. The van der Waals surface area contributed by atoms with Gasteiger partial charge in [-0.15, -0.1) is 0 Å². The summed E-state index contributed by atoms with van der Waals surface area (Å²) in [6.07, 6.45) is 0.880. The first-order chi connectivity index (χ1) is 8.13. The van der Waals surface area contributed by atoms with Crippen LogP contribution in [0, 0.1) is 5.82 Å². The minimum Gasteiger partial charge on any atom is -0.330 e. The Hall–Kier alpha value is -0.590. The number of rotatable bonds is 6. The Bertz CT molecular complexity index is 390. The van der Waals surface area contributed by atoms with E-state index in [1.807, 2.05) is 0 Å². The Morgan fingerprint density at radius 1 is 1.53 bits per heavy atom. The molecule has 0 unspecified atom stereocenters. The van der Waals surface area contributed by atoms with Crippen LogP contribution >= 0.6 is 27.7 Å². The van der Waals surface area contributed by atoms with Crippen LogP contribution in [0.3, 0.4) is 0 Å². The number of carbonyl (C=O) groups excluding carboxylic acids is 1. The van der Waals surface area contributed by atoms with Gasteiger partial charge >= 0.3 is 0 Å². The largest absolute Gasteiger partial charge is 0.330 e. The van der Waals surface area contributed by atoms with Crippen molar-refractivity contribution in [3.05, 3.63) is 28.5 Å². The molecule has 1 aromatic carbocycles. The van der Waals surface area contributed by atoms with Gasteiger partial charge in [0.2, 0.25) is 5.91 Å². The third-order valence-corrected chi connectivity index (χ3v) is 3.47. The van der Waals surface area contributed by atoms with Crippen molar-refractivity contribution in [1.82, 2.24) is 0 Å². The number of nitrogens with two attached hydrogens (primary N) is 1. The maximum absolute atomic E-state index is 13.4. The van der Waals surface area contributed by atoms with Crippen LogP contribution in [0.15, 0.2) is 22.7 Å². The number of thioether (sulfide) groups is 1. The summed E-state index contributed by atoms with van der Waals surface area (Å²) in [5.41, 5.74) is 5.54. The lowest BCUT2D eigenvalue weighted by atomic mass is 10.3. The van der Waals surface area contributed by atoms with Gasteiger partial charge < -0.3 is 11.1 Å². The van der Waals surface area contributed by atoms with Crippen LogP contribution in [0.5, 0.6) is 0 Å². The van der Waals surface area contributed by atoms with Crippen molar-refractivity contribution in [2.24, 2.45) is 5.73 Å². The Kier molecular flexibility index (Phi) is 6.54. The maximum Gasteiger partial charge on any atom is 0.234 e. The van der Waals surface area contributed by atoms with Crippen molar-refractivity contribution in [2.45, 2.75) is 6.42 Å². The molecule has 0 saturated heterocycles. The zero-order chi connectivity index (χ0) is 12.7. The summed E-state index contributed by atoms with van der Waals surface area (Å²) in [4.78, 5) is 11.5. The molecule has 94 valence electrons. The zero-order valence-electron chi connectivity index (χ0n) is 9.21. The fourth-order valence-electron chi connectivity index (χ4n) is 1.13. The van der Waals surface area contributed by atoms with E-state index in [1.165, 1.54) is 23.9 Å². The van der Waals surface area contributed by atoms with Crippen LogP contribution in [-0.2, 0) is 4.79 Å². The molecule has 0 fully saturated rings. The quantitative estimate of drug-likeness (QED) is 0.792. The van der Waals surface area contributed by atoms with E-state index in [-0.39, 0.29) is 11.6 Å². The highest BCUT2D eigenvalue weighted by molar-refractivity contribution is 9.10. The Morgan fingerprint density at radius 3 is 2.94 bits per heavy atom. The van der Waals surface area contributed by atoms with Gasteiger partial charge in [-0.05, 0) is 36.9 Å². The first kappa shape index (κ1) is 14.5. The lowest BCUT2D eigenvalue weighted by Gasteiger charge is -2.06. The maximum atomic E-state index is 13.4. The van der Waals surface area contributed by atoms with Crippen molar-refractivity contribution >= 4 is 39.3 Å². The highest BCUT2D eigenvalue weighted by Crippen LogP contribution is 2.19. The summed E-state index contributed by atoms with van der Waals surface area (Å²) in [6, 6.07) is 4.53. The van der Waals surface area contributed by atoms with Gasteiger partial charge in [0.25, 0.3) is 0 Å². The third-order valence-electron chi connectivity index (χ3n) is 1.93. The molecule has 0 radical (unpaired) electrons. The first-order valence-corrected chi connectivity index (χ1v) is 7.11. The lowest BCUT2D eigenvalue weighted by Crippen LogP contribution is -2.15. The average molecular weight is 321 g/mol. The van der Waals surface area contributed by atoms with E-state index in [0.717, 1.165) is 12.2 Å². The molecule has 0 aliphatic carbocycles. The fraction of sp³-hybridized carbons (Fsp3) is 0.364. The fourth-order valence-corrected chi connectivity index (χ4v) is 2.23. The van der Waals surface area contributed by atoms with Gasteiger partial charge in [-0.2, -0.15) is 11.8 Å². The zero-order valence-corrected chi connectivity index (χ0v) is 11.6. The molecule has 0 bridgehead atoms. The van der Waals surface area contributed by atoms with Crippen LogP contribution in [-0.4, -0.2) is 24.0 Å². The number of hydrogen-bond acceptors (Lipinski definition) is 3. The monoisotopic (exact) mass is 320 g/mol. The second-order valence-electron chi connectivity index (χ2n) is 3.37. The molecule has 3 nitrogen and oxygen atoms in total. The normalized spacial score (nSPS) is 10.3. The highest BCUT2D eigenvalue weighted by Gasteiger charge is 2.07. The number of anilines is 1. The van der Waals surface area contributed by atoms with Gasteiger partial charge in [0.1, 0.15) is 5.82 Å². The van der Waals surface area contributed by atoms with Crippen LogP contribution in [0.25, 0.3) is 0 Å². The second kappa shape index (κ2) is 7.68. The first-order valence-electron chi connectivity index (χ1n) is 5.16. The molecular formula is C11H14BrFN2OS. The minimum atomic E-state index is -0.445. The highest BCUT2D eigenvalue weighted by atomic mass is 79.9. The van der Waals surface area contributed by atoms with Gasteiger partial charge in [0.15, 0.2) is 0 Å². The van der Waals surface area contributed by atoms with Gasteiger partial charge in [0.05, 0.1) is 11.4 Å². The summed E-state index contributed by atoms with van der Waals surface area (Å²) < 4.78 is 14.0. The molecule has 1 amide bonds. The molecule has 0 saturated carbocycles. The topological polar surface area (TPSA) is 55.1 Å². The smallest absolute Gasteiger partial charge is 0.234 e. The Labute approximate surface area is 112 Å². The molecule has 6 heteroatoms. The number of hydrogen-bond donors (Lipinski definition) is 2. The van der Waals surface area contributed by atoms with Crippen LogP contribution in [0.4, 0.5) is 10.1 Å². The second-order valence-corrected chi connectivity index (χ2v) is 5.39. The summed E-state index contributed by atoms with van der Waals surface area (Å²) in [5.74, 6) is 0.510. The molecule has 1 rings (SSSR count). The van der Waals surface area contributed by atoms with Gasteiger partial charge in [0, 0.05) is 4.47 Å². The molecule has 17 heavy (non-hydrogen) atoms. The number of nitrogens with one attached hydrogen (secondary N) is 1. The van der Waals surface area contributed by atoms with Gasteiger partial charge in [-0.25, -0.2) is 4.39 Å². The Balaban J connectivity index is 2.40. The third kappa shape index (κ3) is 5.52.